The van der Waals surface area contributed by atoms with Crippen molar-refractivity contribution in [3.05, 3.63) is 75.3 Å². The van der Waals surface area contributed by atoms with E-state index in [-0.39, 0.29) is 27.3 Å². The highest BCUT2D eigenvalue weighted by Gasteiger charge is 2.36. The van der Waals surface area contributed by atoms with Gasteiger partial charge in [-0.05, 0) is 47.0 Å². The number of amides is 1. The minimum Gasteiger partial charge on any atom is -0.304 e. The molecule has 0 fully saturated rings. The molecule has 0 bridgehead atoms. The summed E-state index contributed by atoms with van der Waals surface area (Å²) in [7, 11) is 0. The first kappa shape index (κ1) is 21.0. The van der Waals surface area contributed by atoms with Gasteiger partial charge in [0.2, 0.25) is 0 Å². The lowest BCUT2D eigenvalue weighted by molar-refractivity contribution is -0.142. The molecule has 3 heterocycles. The van der Waals surface area contributed by atoms with Crippen LogP contribution in [0.1, 0.15) is 33.0 Å². The summed E-state index contributed by atoms with van der Waals surface area (Å²) in [6, 6.07) is 10.3. The van der Waals surface area contributed by atoms with Crippen LogP contribution in [0, 0.1) is 13.8 Å². The first-order valence-corrected chi connectivity index (χ1v) is 9.95. The van der Waals surface area contributed by atoms with E-state index < -0.39 is 17.8 Å². The maximum absolute atomic E-state index is 13.4. The number of fused-ring (bicyclic) bond motifs is 1. The Morgan fingerprint density at radius 1 is 1.16 bits per heavy atom. The van der Waals surface area contributed by atoms with Gasteiger partial charge in [-0.3, -0.25) is 9.48 Å². The Kier molecular flexibility index (Phi) is 5.29. The summed E-state index contributed by atoms with van der Waals surface area (Å²) in [4.78, 5) is 16.8. The van der Waals surface area contributed by atoms with Crippen LogP contribution in [0.5, 0.6) is 0 Å². The van der Waals surface area contributed by atoms with Crippen LogP contribution in [0.2, 0.25) is 0 Å². The van der Waals surface area contributed by atoms with Gasteiger partial charge in [-0.2, -0.15) is 23.4 Å². The summed E-state index contributed by atoms with van der Waals surface area (Å²) in [6.07, 6.45) is -2.95. The molecule has 7 nitrogen and oxygen atoms in total. The molecular formula is C20H16BrF3N6O. The van der Waals surface area contributed by atoms with Gasteiger partial charge < -0.3 is 5.32 Å². The van der Waals surface area contributed by atoms with Crippen LogP contribution in [-0.4, -0.2) is 30.3 Å². The number of hydrogen-bond donors (Lipinski definition) is 1. The molecule has 0 saturated carbocycles. The van der Waals surface area contributed by atoms with E-state index in [1.807, 2.05) is 31.2 Å². The molecule has 0 saturated heterocycles. The molecule has 0 aliphatic carbocycles. The third-order valence-corrected chi connectivity index (χ3v) is 5.37. The lowest BCUT2D eigenvalue weighted by Crippen LogP contribution is -2.16. The average molecular weight is 493 g/mol. The third kappa shape index (κ3) is 4.18. The number of alkyl halides is 3. The van der Waals surface area contributed by atoms with Crippen LogP contribution < -0.4 is 5.32 Å². The number of nitrogens with zero attached hydrogens (tertiary/aromatic N) is 5. The Bertz CT molecular complexity index is 1290. The average Bonchev–Trinajstić information content (AvgIpc) is 3.27. The van der Waals surface area contributed by atoms with Crippen molar-refractivity contribution in [2.24, 2.45) is 0 Å². The molecule has 0 radical (unpaired) electrons. The number of benzene rings is 1. The maximum Gasteiger partial charge on any atom is 0.433 e. The van der Waals surface area contributed by atoms with Crippen LogP contribution in [0.3, 0.4) is 0 Å². The predicted molar refractivity (Wildman–Crippen MR) is 111 cm³/mol. The minimum atomic E-state index is -4.65. The van der Waals surface area contributed by atoms with E-state index in [4.69, 9.17) is 0 Å². The zero-order valence-electron chi connectivity index (χ0n) is 16.4. The zero-order valence-corrected chi connectivity index (χ0v) is 18.0. The summed E-state index contributed by atoms with van der Waals surface area (Å²) in [6.45, 7) is 3.95. The number of carbonyl (C=O) groups is 1. The van der Waals surface area contributed by atoms with Crippen molar-refractivity contribution in [3.8, 4) is 0 Å². The number of hydrogen-bond acceptors (Lipinski definition) is 4. The summed E-state index contributed by atoms with van der Waals surface area (Å²) in [5, 5.41) is 10.7. The molecule has 0 aliphatic rings. The van der Waals surface area contributed by atoms with Gasteiger partial charge in [0.05, 0.1) is 11.0 Å². The molecule has 3 aromatic heterocycles. The number of anilines is 1. The largest absolute Gasteiger partial charge is 0.433 e. The molecule has 160 valence electrons. The normalized spacial score (nSPS) is 11.8. The predicted octanol–water partition coefficient (Wildman–Crippen LogP) is 4.62. The lowest BCUT2D eigenvalue weighted by Gasteiger charge is -2.09. The standard InChI is InChI=1S/C20H16BrF3N6O/c1-11-5-3-4-6-13(11)10-29-8-7-15(27-29)26-19(31)17-16(21)18-25-12(2)9-14(20(22,23)24)30(18)28-17/h3-9H,10H2,1-2H3,(H,26,27,31). The Morgan fingerprint density at radius 2 is 1.90 bits per heavy atom. The highest BCUT2D eigenvalue weighted by molar-refractivity contribution is 9.10. The van der Waals surface area contributed by atoms with Crippen LogP contribution in [0.15, 0.2) is 47.1 Å². The van der Waals surface area contributed by atoms with Crippen LogP contribution in [-0.2, 0) is 12.7 Å². The first-order chi connectivity index (χ1) is 14.6. The molecule has 1 aromatic carbocycles. The summed E-state index contributed by atoms with van der Waals surface area (Å²) in [5.74, 6) is -0.452. The number of nitrogens with one attached hydrogen (secondary N) is 1. The Hall–Kier alpha value is -3.21. The quantitative estimate of drug-likeness (QED) is 0.450. The van der Waals surface area contributed by atoms with Gasteiger partial charge >= 0.3 is 6.18 Å². The number of halogens is 4. The second-order valence-electron chi connectivity index (χ2n) is 6.96. The molecule has 4 rings (SSSR count). The van der Waals surface area contributed by atoms with E-state index in [2.05, 4.69) is 36.4 Å². The van der Waals surface area contributed by atoms with Gasteiger partial charge in [-0.1, -0.05) is 24.3 Å². The molecule has 0 spiro atoms. The Balaban J connectivity index is 1.60. The van der Waals surface area contributed by atoms with Crippen molar-refractivity contribution in [1.82, 2.24) is 24.4 Å². The Labute approximate surface area is 183 Å². The van der Waals surface area contributed by atoms with E-state index >= 15 is 0 Å². The van der Waals surface area contributed by atoms with Crippen LogP contribution in [0.4, 0.5) is 19.0 Å². The number of aromatic nitrogens is 5. The first-order valence-electron chi connectivity index (χ1n) is 9.16. The van der Waals surface area contributed by atoms with Crippen molar-refractivity contribution < 1.29 is 18.0 Å². The zero-order chi connectivity index (χ0) is 22.3. The van der Waals surface area contributed by atoms with Gasteiger partial charge in [0.15, 0.2) is 17.2 Å². The van der Waals surface area contributed by atoms with E-state index in [0.717, 1.165) is 17.2 Å². The van der Waals surface area contributed by atoms with Gasteiger partial charge in [0, 0.05) is 18.0 Å². The molecule has 0 atom stereocenters. The molecule has 1 N–H and O–H groups in total. The fourth-order valence-corrected chi connectivity index (χ4v) is 3.63. The van der Waals surface area contributed by atoms with Crippen LogP contribution in [0.25, 0.3) is 5.65 Å². The topological polar surface area (TPSA) is 77.1 Å². The van der Waals surface area contributed by atoms with Gasteiger partial charge in [-0.25, -0.2) is 9.50 Å². The smallest absolute Gasteiger partial charge is 0.304 e. The van der Waals surface area contributed by atoms with E-state index in [0.29, 0.717) is 11.1 Å². The van der Waals surface area contributed by atoms with E-state index in [1.54, 1.807) is 16.9 Å². The number of rotatable bonds is 4. The fraction of sp³-hybridized carbons (Fsp3) is 0.200. The molecule has 31 heavy (non-hydrogen) atoms. The molecule has 0 aliphatic heterocycles. The fourth-order valence-electron chi connectivity index (χ4n) is 3.11. The maximum atomic E-state index is 13.4. The van der Waals surface area contributed by atoms with E-state index in [1.165, 1.54) is 6.92 Å². The van der Waals surface area contributed by atoms with Crippen molar-refractivity contribution in [2.45, 2.75) is 26.6 Å². The van der Waals surface area contributed by atoms with E-state index in [9.17, 15) is 18.0 Å². The monoisotopic (exact) mass is 492 g/mol. The summed E-state index contributed by atoms with van der Waals surface area (Å²) < 4.78 is 42.5. The van der Waals surface area contributed by atoms with Crippen molar-refractivity contribution in [3.63, 3.8) is 0 Å². The molecular weight excluding hydrogens is 477 g/mol. The molecule has 1 amide bonds. The highest BCUT2D eigenvalue weighted by Crippen LogP contribution is 2.32. The third-order valence-electron chi connectivity index (χ3n) is 4.64. The van der Waals surface area contributed by atoms with Crippen LogP contribution >= 0.6 is 15.9 Å². The van der Waals surface area contributed by atoms with Gasteiger partial charge in [0.25, 0.3) is 5.91 Å². The molecule has 0 unspecified atom stereocenters. The number of carbonyl (C=O) groups excluding carboxylic acids is 1. The molecule has 4 aromatic rings. The second-order valence-corrected chi connectivity index (χ2v) is 7.75. The van der Waals surface area contributed by atoms with Crippen molar-refractivity contribution in [1.29, 1.82) is 0 Å². The van der Waals surface area contributed by atoms with Gasteiger partial charge in [-0.15, -0.1) is 0 Å². The summed E-state index contributed by atoms with van der Waals surface area (Å²) in [5.41, 5.74) is 1.01. The number of aryl methyl sites for hydroxylation is 2. The second kappa shape index (κ2) is 7.80. The van der Waals surface area contributed by atoms with Crippen molar-refractivity contribution >= 4 is 33.3 Å². The highest BCUT2D eigenvalue weighted by atomic mass is 79.9. The molecule has 11 heteroatoms. The minimum absolute atomic E-state index is 0.0681. The Morgan fingerprint density at radius 3 is 2.61 bits per heavy atom. The SMILES string of the molecule is Cc1cc(C(F)(F)F)n2nc(C(=O)Nc3ccn(Cc4ccccc4C)n3)c(Br)c2n1. The van der Waals surface area contributed by atoms with Gasteiger partial charge in [0.1, 0.15) is 5.69 Å². The lowest BCUT2D eigenvalue weighted by atomic mass is 10.1. The van der Waals surface area contributed by atoms with Crippen molar-refractivity contribution in [2.75, 3.05) is 5.32 Å². The summed E-state index contributed by atoms with van der Waals surface area (Å²) >= 11 is 3.16.